The molecular weight excluding hydrogens is 270 g/mol. The van der Waals surface area contributed by atoms with Crippen LogP contribution < -0.4 is 5.73 Å². The predicted molar refractivity (Wildman–Crippen MR) is 82.8 cm³/mol. The van der Waals surface area contributed by atoms with Crippen LogP contribution in [0.3, 0.4) is 0 Å². The molecule has 2 heterocycles. The molecule has 2 N–H and O–H groups in total. The highest BCUT2D eigenvalue weighted by atomic mass is 32.1. The number of hydrogen-bond acceptors (Lipinski definition) is 4. The molecule has 0 spiro atoms. The Balaban J connectivity index is 1.72. The molecule has 0 atom stereocenters. The van der Waals surface area contributed by atoms with Crippen molar-refractivity contribution in [3.8, 4) is 0 Å². The smallest absolute Gasteiger partial charge is 0.226 e. The summed E-state index contributed by atoms with van der Waals surface area (Å²) in [7, 11) is 0. The molecule has 0 unspecified atom stereocenters. The Bertz CT molecular complexity index is 615. The molecule has 1 aliphatic rings. The Hall–Kier alpha value is -1.62. The number of carbonyl (C=O) groups is 1. The second kappa shape index (κ2) is 5.79. The van der Waals surface area contributed by atoms with Crippen LogP contribution in [0.15, 0.2) is 18.2 Å². The minimum absolute atomic E-state index is 0.240. The summed E-state index contributed by atoms with van der Waals surface area (Å²) in [5, 5.41) is 0.580. The second-order valence-electron chi connectivity index (χ2n) is 5.33. The monoisotopic (exact) mass is 289 g/mol. The number of fused-ring (bicyclic) bond motifs is 1. The van der Waals surface area contributed by atoms with E-state index in [0.717, 1.165) is 41.7 Å². The van der Waals surface area contributed by atoms with Crippen molar-refractivity contribution in [2.45, 2.75) is 32.1 Å². The van der Waals surface area contributed by atoms with Crippen LogP contribution in [-0.4, -0.2) is 28.9 Å². The van der Waals surface area contributed by atoms with E-state index in [4.69, 9.17) is 5.73 Å². The summed E-state index contributed by atoms with van der Waals surface area (Å²) in [6.07, 6.45) is 5.24. The molecule has 1 aromatic carbocycles. The average Bonchev–Trinajstić information content (AvgIpc) is 2.64. The van der Waals surface area contributed by atoms with Gasteiger partial charge in [0.25, 0.3) is 0 Å². The lowest BCUT2D eigenvalue weighted by atomic mass is 10.1. The molecule has 0 aliphatic carbocycles. The second-order valence-corrected chi connectivity index (χ2v) is 6.39. The highest BCUT2D eigenvalue weighted by Gasteiger charge is 2.16. The number of nitrogen functional groups attached to an aromatic ring is 1. The Kier molecular flexibility index (Phi) is 3.87. The average molecular weight is 289 g/mol. The van der Waals surface area contributed by atoms with E-state index in [2.05, 4.69) is 4.98 Å². The van der Waals surface area contributed by atoms with Gasteiger partial charge in [0, 0.05) is 13.1 Å². The van der Waals surface area contributed by atoms with Crippen LogP contribution in [-0.2, 0) is 11.2 Å². The first kappa shape index (κ1) is 13.4. The van der Waals surface area contributed by atoms with Crippen molar-refractivity contribution in [1.82, 2.24) is 9.88 Å². The maximum absolute atomic E-state index is 12.4. The molecule has 0 radical (unpaired) electrons. The Morgan fingerprint density at radius 1 is 1.25 bits per heavy atom. The minimum atomic E-state index is 0.240. The van der Waals surface area contributed by atoms with Gasteiger partial charge in [0.1, 0.15) is 0 Å². The van der Waals surface area contributed by atoms with Crippen molar-refractivity contribution in [3.05, 3.63) is 23.8 Å². The van der Waals surface area contributed by atoms with E-state index in [1.54, 1.807) is 0 Å². The van der Waals surface area contributed by atoms with Crippen molar-refractivity contribution >= 4 is 32.6 Å². The van der Waals surface area contributed by atoms with Gasteiger partial charge in [0.2, 0.25) is 5.91 Å². The molecule has 3 rings (SSSR count). The molecule has 1 saturated heterocycles. The van der Waals surface area contributed by atoms with E-state index >= 15 is 0 Å². The van der Waals surface area contributed by atoms with E-state index in [9.17, 15) is 4.79 Å². The molecule has 5 heteroatoms. The summed E-state index contributed by atoms with van der Waals surface area (Å²) in [6.45, 7) is 1.82. The Morgan fingerprint density at radius 2 is 2.00 bits per heavy atom. The van der Waals surface area contributed by atoms with Crippen LogP contribution in [0.1, 0.15) is 31.2 Å². The number of thiazole rings is 1. The number of aromatic nitrogens is 1. The first-order valence-electron chi connectivity index (χ1n) is 7.15. The molecule has 106 valence electrons. The van der Waals surface area contributed by atoms with Crippen molar-refractivity contribution < 1.29 is 4.79 Å². The summed E-state index contributed by atoms with van der Waals surface area (Å²) in [4.78, 5) is 18.6. The molecule has 1 aliphatic heterocycles. The quantitative estimate of drug-likeness (QED) is 0.925. The Morgan fingerprint density at radius 3 is 2.75 bits per heavy atom. The number of rotatable bonds is 2. The van der Waals surface area contributed by atoms with Gasteiger partial charge in [-0.05, 0) is 30.5 Å². The minimum Gasteiger partial charge on any atom is -0.375 e. The van der Waals surface area contributed by atoms with Crippen LogP contribution in [0.25, 0.3) is 10.2 Å². The van der Waals surface area contributed by atoms with E-state index in [1.165, 1.54) is 24.2 Å². The zero-order chi connectivity index (χ0) is 13.9. The number of carbonyl (C=O) groups excluding carboxylic acids is 1. The SMILES string of the molecule is Nc1nc2ccc(CC(=O)N3CCCCCC3)cc2s1. The number of nitrogens with zero attached hydrogens (tertiary/aromatic N) is 2. The number of likely N-dealkylation sites (tertiary alicyclic amines) is 1. The van der Waals surface area contributed by atoms with Crippen LogP contribution in [0.2, 0.25) is 0 Å². The zero-order valence-corrected chi connectivity index (χ0v) is 12.3. The largest absolute Gasteiger partial charge is 0.375 e. The molecular formula is C15H19N3OS. The van der Waals surface area contributed by atoms with Crippen LogP contribution in [0.5, 0.6) is 0 Å². The predicted octanol–water partition coefficient (Wildman–Crippen LogP) is 2.82. The summed E-state index contributed by atoms with van der Waals surface area (Å²) < 4.78 is 1.06. The lowest BCUT2D eigenvalue weighted by Crippen LogP contribution is -2.33. The molecule has 0 saturated carbocycles. The van der Waals surface area contributed by atoms with Crippen LogP contribution in [0, 0.1) is 0 Å². The lowest BCUT2D eigenvalue weighted by molar-refractivity contribution is -0.130. The molecule has 1 amide bonds. The van der Waals surface area contributed by atoms with E-state index < -0.39 is 0 Å². The Labute approximate surface area is 122 Å². The lowest BCUT2D eigenvalue weighted by Gasteiger charge is -2.20. The van der Waals surface area contributed by atoms with Crippen molar-refractivity contribution in [2.75, 3.05) is 18.8 Å². The summed E-state index contributed by atoms with van der Waals surface area (Å²) in [5.74, 6) is 0.240. The maximum Gasteiger partial charge on any atom is 0.226 e. The van der Waals surface area contributed by atoms with Crippen molar-refractivity contribution in [1.29, 1.82) is 0 Å². The van der Waals surface area contributed by atoms with Crippen LogP contribution >= 0.6 is 11.3 Å². The molecule has 2 aromatic rings. The van der Waals surface area contributed by atoms with Gasteiger partial charge in [0.05, 0.1) is 16.6 Å². The fourth-order valence-corrected chi connectivity index (χ4v) is 3.50. The molecule has 20 heavy (non-hydrogen) atoms. The van der Waals surface area contributed by atoms with E-state index in [0.29, 0.717) is 11.6 Å². The highest BCUT2D eigenvalue weighted by Crippen LogP contribution is 2.25. The number of amides is 1. The normalized spacial score (nSPS) is 16.3. The third-order valence-corrected chi connectivity index (χ3v) is 4.63. The van der Waals surface area contributed by atoms with Gasteiger partial charge >= 0.3 is 0 Å². The summed E-state index contributed by atoms with van der Waals surface area (Å²) in [6, 6.07) is 5.98. The van der Waals surface area contributed by atoms with Crippen LogP contribution in [0.4, 0.5) is 5.13 Å². The molecule has 4 nitrogen and oxygen atoms in total. The topological polar surface area (TPSA) is 59.2 Å². The highest BCUT2D eigenvalue weighted by molar-refractivity contribution is 7.22. The van der Waals surface area contributed by atoms with Gasteiger partial charge < -0.3 is 10.6 Å². The van der Waals surface area contributed by atoms with Gasteiger partial charge in [-0.25, -0.2) is 4.98 Å². The fraction of sp³-hybridized carbons (Fsp3) is 0.467. The molecule has 0 bridgehead atoms. The van der Waals surface area contributed by atoms with Gasteiger partial charge in [-0.3, -0.25) is 4.79 Å². The van der Waals surface area contributed by atoms with Gasteiger partial charge in [0.15, 0.2) is 5.13 Å². The zero-order valence-electron chi connectivity index (χ0n) is 11.5. The third kappa shape index (κ3) is 2.93. The molecule has 1 fully saturated rings. The maximum atomic E-state index is 12.4. The number of anilines is 1. The van der Waals surface area contributed by atoms with Gasteiger partial charge in [-0.1, -0.05) is 30.2 Å². The summed E-state index contributed by atoms with van der Waals surface area (Å²) in [5.41, 5.74) is 7.67. The van der Waals surface area contributed by atoms with E-state index in [1.807, 2.05) is 23.1 Å². The third-order valence-electron chi connectivity index (χ3n) is 3.78. The van der Waals surface area contributed by atoms with Gasteiger partial charge in [-0.2, -0.15) is 0 Å². The van der Waals surface area contributed by atoms with E-state index in [-0.39, 0.29) is 5.91 Å². The molecule has 1 aromatic heterocycles. The fourth-order valence-electron chi connectivity index (χ4n) is 2.70. The number of benzene rings is 1. The number of nitrogens with two attached hydrogens (primary N) is 1. The standard InChI is InChI=1S/C15H19N3OS/c16-15-17-12-6-5-11(9-13(12)20-15)10-14(19)18-7-3-1-2-4-8-18/h5-6,9H,1-4,7-8,10H2,(H2,16,17). The first-order chi connectivity index (χ1) is 9.72. The first-order valence-corrected chi connectivity index (χ1v) is 7.97. The van der Waals surface area contributed by atoms with Gasteiger partial charge in [-0.15, -0.1) is 0 Å². The van der Waals surface area contributed by atoms with Crippen molar-refractivity contribution in [3.63, 3.8) is 0 Å². The number of hydrogen-bond donors (Lipinski definition) is 1. The van der Waals surface area contributed by atoms with Crippen molar-refractivity contribution in [2.24, 2.45) is 0 Å². The summed E-state index contributed by atoms with van der Waals surface area (Å²) >= 11 is 1.47.